The van der Waals surface area contributed by atoms with E-state index in [1.807, 2.05) is 12.1 Å². The molecule has 2 aromatic heterocycles. The van der Waals surface area contributed by atoms with Crippen LogP contribution in [0, 0.1) is 0 Å². The molecule has 162 valence electrons. The van der Waals surface area contributed by atoms with Gasteiger partial charge in [0.1, 0.15) is 18.2 Å². The first-order valence-electron chi connectivity index (χ1n) is 10.0. The molecule has 0 radical (unpaired) electrons. The van der Waals surface area contributed by atoms with E-state index in [9.17, 15) is 0 Å². The first-order chi connectivity index (χ1) is 13.8. The molecule has 0 bridgehead atoms. The minimum atomic E-state index is 0. The van der Waals surface area contributed by atoms with Gasteiger partial charge in [-0.2, -0.15) is 4.37 Å². The Labute approximate surface area is 193 Å². The van der Waals surface area contributed by atoms with Crippen LogP contribution in [0.25, 0.3) is 0 Å². The van der Waals surface area contributed by atoms with Crippen LogP contribution in [0.5, 0.6) is 0 Å². The number of halogens is 1. The summed E-state index contributed by atoms with van der Waals surface area (Å²) in [5.74, 6) is 2.78. The number of ether oxygens (including phenoxy) is 1. The fourth-order valence-electron chi connectivity index (χ4n) is 2.97. The molecule has 10 heteroatoms. The molecule has 0 saturated carbocycles. The molecule has 0 amide bonds. The lowest BCUT2D eigenvalue weighted by molar-refractivity contribution is 0.105. The van der Waals surface area contributed by atoms with Crippen molar-refractivity contribution in [2.24, 2.45) is 4.99 Å². The molecular weight excluding hydrogens is 503 g/mol. The maximum Gasteiger partial charge on any atom is 0.205 e. The lowest BCUT2D eigenvalue weighted by Crippen LogP contribution is -2.52. The van der Waals surface area contributed by atoms with Crippen molar-refractivity contribution >= 4 is 46.6 Å². The van der Waals surface area contributed by atoms with Gasteiger partial charge in [0, 0.05) is 63.8 Å². The molecule has 0 aromatic carbocycles. The molecule has 3 heterocycles. The van der Waals surface area contributed by atoms with E-state index < -0.39 is 0 Å². The van der Waals surface area contributed by atoms with Crippen molar-refractivity contribution in [1.29, 1.82) is 0 Å². The Morgan fingerprint density at radius 2 is 2.14 bits per heavy atom. The Morgan fingerprint density at radius 3 is 2.79 bits per heavy atom. The summed E-state index contributed by atoms with van der Waals surface area (Å²) >= 11 is 1.50. The Hall–Kier alpha value is -1.40. The van der Waals surface area contributed by atoms with E-state index in [1.54, 1.807) is 6.26 Å². The Balaban J connectivity index is 0.00000300. The van der Waals surface area contributed by atoms with E-state index >= 15 is 0 Å². The molecule has 1 aliphatic heterocycles. The van der Waals surface area contributed by atoms with Gasteiger partial charge in [-0.15, -0.1) is 24.0 Å². The largest absolute Gasteiger partial charge is 0.467 e. The topological polar surface area (TPSA) is 79.0 Å². The summed E-state index contributed by atoms with van der Waals surface area (Å²) in [7, 11) is 0. The van der Waals surface area contributed by atoms with Crippen molar-refractivity contribution in [3.63, 3.8) is 0 Å². The summed E-state index contributed by atoms with van der Waals surface area (Å²) in [5.41, 5.74) is 0. The van der Waals surface area contributed by atoms with Gasteiger partial charge in [-0.3, -0.25) is 4.99 Å². The van der Waals surface area contributed by atoms with Gasteiger partial charge in [-0.05, 0) is 25.5 Å². The quantitative estimate of drug-likeness (QED) is 0.229. The molecule has 1 aliphatic rings. The van der Waals surface area contributed by atoms with Crippen LogP contribution in [0.2, 0.25) is 0 Å². The first kappa shape index (κ1) is 23.9. The van der Waals surface area contributed by atoms with Gasteiger partial charge >= 0.3 is 0 Å². The highest BCUT2D eigenvalue weighted by molar-refractivity contribution is 14.0. The Morgan fingerprint density at radius 1 is 1.31 bits per heavy atom. The molecule has 0 atom stereocenters. The lowest BCUT2D eigenvalue weighted by Gasteiger charge is -2.36. The predicted molar refractivity (Wildman–Crippen MR) is 127 cm³/mol. The van der Waals surface area contributed by atoms with Gasteiger partial charge in [0.15, 0.2) is 5.96 Å². The summed E-state index contributed by atoms with van der Waals surface area (Å²) in [4.78, 5) is 14.0. The number of rotatable bonds is 9. The zero-order valence-electron chi connectivity index (χ0n) is 17.2. The van der Waals surface area contributed by atoms with Gasteiger partial charge in [-0.1, -0.05) is 6.92 Å². The average molecular weight is 534 g/mol. The zero-order valence-corrected chi connectivity index (χ0v) is 20.3. The van der Waals surface area contributed by atoms with E-state index in [-0.39, 0.29) is 24.0 Å². The monoisotopic (exact) mass is 534 g/mol. The zero-order chi connectivity index (χ0) is 19.6. The highest BCUT2D eigenvalue weighted by atomic mass is 127. The van der Waals surface area contributed by atoms with Crippen molar-refractivity contribution < 1.29 is 9.15 Å². The second-order valence-corrected chi connectivity index (χ2v) is 7.27. The summed E-state index contributed by atoms with van der Waals surface area (Å²) in [5, 5.41) is 4.44. The minimum Gasteiger partial charge on any atom is -0.467 e. The third kappa shape index (κ3) is 7.41. The minimum absolute atomic E-state index is 0. The Kier molecular flexibility index (Phi) is 10.7. The number of aryl methyl sites for hydroxylation is 1. The van der Waals surface area contributed by atoms with E-state index in [4.69, 9.17) is 14.1 Å². The van der Waals surface area contributed by atoms with Gasteiger partial charge in [0.2, 0.25) is 5.13 Å². The molecule has 1 saturated heterocycles. The molecule has 0 aliphatic carbocycles. The third-order valence-electron chi connectivity index (χ3n) is 4.49. The molecule has 1 fully saturated rings. The van der Waals surface area contributed by atoms with Crippen LogP contribution in [-0.4, -0.2) is 66.1 Å². The molecule has 29 heavy (non-hydrogen) atoms. The summed E-state index contributed by atoms with van der Waals surface area (Å²) < 4.78 is 15.3. The third-order valence-corrected chi connectivity index (χ3v) is 5.31. The van der Waals surface area contributed by atoms with Crippen molar-refractivity contribution in [1.82, 2.24) is 19.6 Å². The maximum atomic E-state index is 5.62. The smallest absolute Gasteiger partial charge is 0.205 e. The molecule has 2 aromatic rings. The predicted octanol–water partition coefficient (Wildman–Crippen LogP) is 3.01. The van der Waals surface area contributed by atoms with E-state index in [0.29, 0.717) is 13.2 Å². The molecule has 1 N–H and O–H groups in total. The number of guanidine groups is 1. The number of aliphatic imine (C=N–C) groups is 1. The first-order valence-corrected chi connectivity index (χ1v) is 10.8. The summed E-state index contributed by atoms with van der Waals surface area (Å²) in [6.45, 7) is 10.7. The van der Waals surface area contributed by atoms with Gasteiger partial charge in [-0.25, -0.2) is 4.98 Å². The van der Waals surface area contributed by atoms with Crippen LogP contribution in [-0.2, 0) is 17.8 Å². The lowest BCUT2D eigenvalue weighted by atomic mass is 10.3. The highest BCUT2D eigenvalue weighted by Crippen LogP contribution is 2.19. The normalized spacial score (nSPS) is 14.8. The van der Waals surface area contributed by atoms with Crippen molar-refractivity contribution in [2.75, 3.05) is 50.8 Å². The molecular formula is C19H31IN6O2S. The number of anilines is 1. The van der Waals surface area contributed by atoms with Crippen molar-refractivity contribution in [3.05, 3.63) is 30.0 Å². The van der Waals surface area contributed by atoms with Crippen LogP contribution in [0.15, 0.2) is 27.8 Å². The van der Waals surface area contributed by atoms with Gasteiger partial charge in [0.05, 0.1) is 6.26 Å². The second-order valence-electron chi connectivity index (χ2n) is 6.54. The Bertz CT molecular complexity index is 716. The van der Waals surface area contributed by atoms with Crippen molar-refractivity contribution in [2.45, 2.75) is 33.3 Å². The van der Waals surface area contributed by atoms with Crippen molar-refractivity contribution in [3.8, 4) is 0 Å². The number of furan rings is 1. The maximum absolute atomic E-state index is 5.62. The van der Waals surface area contributed by atoms with E-state index in [2.05, 4.69) is 38.3 Å². The number of hydrogen-bond acceptors (Lipinski definition) is 7. The second kappa shape index (κ2) is 13.0. The number of nitrogens with zero attached hydrogens (tertiary/aromatic N) is 5. The summed E-state index contributed by atoms with van der Waals surface area (Å²) in [6, 6.07) is 3.80. The number of hydrogen-bond donors (Lipinski definition) is 1. The van der Waals surface area contributed by atoms with Gasteiger partial charge < -0.3 is 24.3 Å². The van der Waals surface area contributed by atoms with Crippen LogP contribution in [0.3, 0.4) is 0 Å². The van der Waals surface area contributed by atoms with E-state index in [0.717, 1.165) is 74.8 Å². The summed E-state index contributed by atoms with van der Waals surface area (Å²) in [6.07, 6.45) is 3.44. The number of nitrogens with one attached hydrogen (secondary N) is 1. The SMILES string of the molecule is CCNC(=NCCCOCc1ccco1)N1CCN(c2nc(CC)ns2)CC1.I. The van der Waals surface area contributed by atoms with Gasteiger partial charge in [0.25, 0.3) is 0 Å². The van der Waals surface area contributed by atoms with Crippen LogP contribution in [0.4, 0.5) is 5.13 Å². The molecule has 3 rings (SSSR count). The van der Waals surface area contributed by atoms with Crippen LogP contribution < -0.4 is 10.2 Å². The highest BCUT2D eigenvalue weighted by Gasteiger charge is 2.21. The molecule has 0 unspecified atom stereocenters. The fraction of sp³-hybridized carbons (Fsp3) is 0.632. The van der Waals surface area contributed by atoms with E-state index in [1.165, 1.54) is 11.5 Å². The standard InChI is InChI=1S/C19H30N6O2S.HI/c1-3-17-22-19(28-23-17)25-11-9-24(10-12-25)18(20-4-2)21-8-6-13-26-15-16-7-5-14-27-16;/h5,7,14H,3-4,6,8-13,15H2,1-2H3,(H,20,21);1H. The van der Waals surface area contributed by atoms with Crippen LogP contribution >= 0.6 is 35.5 Å². The fourth-order valence-corrected chi connectivity index (χ4v) is 3.77. The number of piperazine rings is 1. The number of aromatic nitrogens is 2. The molecule has 0 spiro atoms. The van der Waals surface area contributed by atoms with Crippen LogP contribution in [0.1, 0.15) is 31.9 Å². The average Bonchev–Trinajstić information content (AvgIpc) is 3.42. The molecule has 8 nitrogen and oxygen atoms in total.